The van der Waals surface area contributed by atoms with Gasteiger partial charge < -0.3 is 0 Å². The molecule has 0 saturated carbocycles. The van der Waals surface area contributed by atoms with Crippen molar-refractivity contribution >= 4 is 24.5 Å². The van der Waals surface area contributed by atoms with Crippen molar-refractivity contribution in [1.29, 1.82) is 0 Å². The quantitative estimate of drug-likeness (QED) is 0.430. The Bertz CT molecular complexity index is 66.0. The Morgan fingerprint density at radius 1 is 2.00 bits per heavy atom. The standard InChI is InChI=1S/C3H6I2NO/c1-6-3(7)2-5-4/h2H2,1H3,(H,6,7)/q-1. The van der Waals surface area contributed by atoms with Crippen LogP contribution >= 0.6 is 18.6 Å². The van der Waals surface area contributed by atoms with E-state index in [1.54, 1.807) is 7.05 Å². The second-order valence-corrected chi connectivity index (χ2v) is 6.12. The minimum absolute atomic E-state index is 0.119. The summed E-state index contributed by atoms with van der Waals surface area (Å²) in [7, 11) is 1.67. The molecular weight excluding hydrogens is 320 g/mol. The van der Waals surface area contributed by atoms with Crippen LogP contribution < -0.4 is 22.5 Å². The van der Waals surface area contributed by atoms with Crippen LogP contribution in [0.25, 0.3) is 0 Å². The molecule has 0 aromatic heterocycles. The van der Waals surface area contributed by atoms with E-state index in [4.69, 9.17) is 0 Å². The molecule has 0 aromatic carbocycles. The SMILES string of the molecule is CNC(=O)C[I-]I. The molecule has 0 atom stereocenters. The molecule has 4 heteroatoms. The molecule has 0 saturated heterocycles. The maximum absolute atomic E-state index is 10.3. The summed E-state index contributed by atoms with van der Waals surface area (Å²) in [5.74, 6) is 0.169. The third-order valence-corrected chi connectivity index (χ3v) is 3.37. The van der Waals surface area contributed by atoms with Crippen LogP contribution in [0.15, 0.2) is 0 Å². The fraction of sp³-hybridized carbons (Fsp3) is 0.667. The van der Waals surface area contributed by atoms with E-state index in [9.17, 15) is 4.79 Å². The predicted octanol–water partition coefficient (Wildman–Crippen LogP) is -2.83. The van der Waals surface area contributed by atoms with Gasteiger partial charge in [-0.05, 0) is 0 Å². The third kappa shape index (κ3) is 4.79. The Morgan fingerprint density at radius 3 is 2.71 bits per heavy atom. The normalized spacial score (nSPS) is 8.86. The van der Waals surface area contributed by atoms with E-state index < -0.39 is 0 Å². The van der Waals surface area contributed by atoms with Gasteiger partial charge in [-0.15, -0.1) is 0 Å². The summed E-state index contributed by atoms with van der Waals surface area (Å²) in [5.41, 5.74) is 0. The van der Waals surface area contributed by atoms with Gasteiger partial charge in [-0.1, -0.05) is 0 Å². The Kier molecular flexibility index (Phi) is 5.75. The molecule has 0 aliphatic carbocycles. The first kappa shape index (κ1) is 7.93. The van der Waals surface area contributed by atoms with Gasteiger partial charge in [0.15, 0.2) is 0 Å². The topological polar surface area (TPSA) is 29.1 Å². The molecule has 1 N–H and O–H groups in total. The molecule has 0 bridgehead atoms. The first-order chi connectivity index (χ1) is 3.31. The Balaban J connectivity index is 3.00. The number of hydrogen-bond acceptors (Lipinski definition) is 1. The van der Waals surface area contributed by atoms with Gasteiger partial charge >= 0.3 is 63.3 Å². The summed E-state index contributed by atoms with van der Waals surface area (Å²) in [5, 5.41) is 2.55. The van der Waals surface area contributed by atoms with Gasteiger partial charge in [0.25, 0.3) is 0 Å². The summed E-state index contributed by atoms with van der Waals surface area (Å²) in [6, 6.07) is 0. The number of carbonyl (C=O) groups excluding carboxylic acids is 1. The number of amides is 1. The van der Waals surface area contributed by atoms with Crippen LogP contribution in [0.2, 0.25) is 0 Å². The second kappa shape index (κ2) is 5.07. The molecular formula is C3H6I2NO-. The van der Waals surface area contributed by atoms with Crippen LogP contribution in [-0.2, 0) is 4.79 Å². The maximum atomic E-state index is 10.3. The molecule has 0 heterocycles. The summed E-state index contributed by atoms with van der Waals surface area (Å²) >= 11 is 2.39. The van der Waals surface area contributed by atoms with E-state index >= 15 is 0 Å². The summed E-state index contributed by atoms with van der Waals surface area (Å²) in [6.07, 6.45) is 0. The zero-order valence-corrected chi connectivity index (χ0v) is 8.19. The van der Waals surface area contributed by atoms with Crippen LogP contribution in [0.5, 0.6) is 0 Å². The van der Waals surface area contributed by atoms with Crippen molar-refractivity contribution in [3.05, 3.63) is 0 Å². The zero-order chi connectivity index (χ0) is 5.70. The van der Waals surface area contributed by atoms with Gasteiger partial charge in [0, 0.05) is 0 Å². The summed E-state index contributed by atoms with van der Waals surface area (Å²) < 4.78 is 0.746. The van der Waals surface area contributed by atoms with Gasteiger partial charge in [-0.2, -0.15) is 0 Å². The first-order valence-corrected chi connectivity index (χ1v) is 9.53. The number of nitrogens with one attached hydrogen (secondary N) is 1. The van der Waals surface area contributed by atoms with Crippen molar-refractivity contribution < 1.29 is 22.0 Å². The van der Waals surface area contributed by atoms with E-state index in [0.29, 0.717) is 0 Å². The molecule has 0 rings (SSSR count). The van der Waals surface area contributed by atoms with E-state index in [2.05, 4.69) is 23.9 Å². The molecule has 44 valence electrons. The molecule has 0 radical (unpaired) electrons. The second-order valence-electron chi connectivity index (χ2n) is 0.908. The van der Waals surface area contributed by atoms with Crippen molar-refractivity contribution in [2.75, 3.05) is 11.5 Å². The van der Waals surface area contributed by atoms with Crippen molar-refractivity contribution in [3.63, 3.8) is 0 Å². The molecule has 0 aliphatic heterocycles. The predicted molar refractivity (Wildman–Crippen MR) is 33.0 cm³/mol. The van der Waals surface area contributed by atoms with E-state index in [1.165, 1.54) is 0 Å². The Hall–Kier alpha value is 0.930. The fourth-order valence-electron chi connectivity index (χ4n) is 0.113. The molecule has 2 nitrogen and oxygen atoms in total. The summed E-state index contributed by atoms with van der Waals surface area (Å²) in [6.45, 7) is 0. The van der Waals surface area contributed by atoms with Crippen LogP contribution in [-0.4, -0.2) is 17.4 Å². The van der Waals surface area contributed by atoms with E-state index in [1.807, 2.05) is 0 Å². The summed E-state index contributed by atoms with van der Waals surface area (Å²) in [4.78, 5) is 10.3. The number of alkyl halides is 1. The van der Waals surface area contributed by atoms with Crippen molar-refractivity contribution in [3.8, 4) is 0 Å². The van der Waals surface area contributed by atoms with Crippen molar-refractivity contribution in [2.45, 2.75) is 0 Å². The molecule has 0 fully saturated rings. The number of carbonyl (C=O) groups is 1. The number of rotatable bonds is 2. The van der Waals surface area contributed by atoms with Gasteiger partial charge in [0.2, 0.25) is 0 Å². The minimum atomic E-state index is 0.119. The third-order valence-electron chi connectivity index (χ3n) is 0.451. The van der Waals surface area contributed by atoms with Gasteiger partial charge in [0.05, 0.1) is 0 Å². The molecule has 0 aliphatic rings. The fourth-order valence-corrected chi connectivity index (χ4v) is 2.51. The molecule has 0 aromatic rings. The zero-order valence-electron chi connectivity index (χ0n) is 3.87. The number of halogens is 2. The number of hydrogen-bond donors (Lipinski definition) is 1. The van der Waals surface area contributed by atoms with Crippen molar-refractivity contribution in [1.82, 2.24) is 5.32 Å². The van der Waals surface area contributed by atoms with E-state index in [0.717, 1.165) is 4.43 Å². The van der Waals surface area contributed by atoms with Crippen LogP contribution in [0, 0.1) is 0 Å². The van der Waals surface area contributed by atoms with E-state index in [-0.39, 0.29) is 23.1 Å². The molecule has 7 heavy (non-hydrogen) atoms. The molecule has 0 spiro atoms. The van der Waals surface area contributed by atoms with Gasteiger partial charge in [-0.25, -0.2) is 0 Å². The van der Waals surface area contributed by atoms with Crippen LogP contribution in [0.3, 0.4) is 0 Å². The van der Waals surface area contributed by atoms with Gasteiger partial charge in [0.1, 0.15) is 0 Å². The Morgan fingerprint density at radius 2 is 2.57 bits per heavy atom. The molecule has 1 amide bonds. The van der Waals surface area contributed by atoms with Gasteiger partial charge in [-0.3, -0.25) is 0 Å². The van der Waals surface area contributed by atoms with Crippen LogP contribution in [0.1, 0.15) is 0 Å². The monoisotopic (exact) mass is 326 g/mol. The average molecular weight is 326 g/mol. The average Bonchev–Trinajstić information content (AvgIpc) is 1.68. The van der Waals surface area contributed by atoms with Crippen molar-refractivity contribution in [2.24, 2.45) is 0 Å². The van der Waals surface area contributed by atoms with Crippen LogP contribution in [0.4, 0.5) is 0 Å². The Labute approximate surface area is 62.9 Å². The molecule has 0 unspecified atom stereocenters. The first-order valence-electron chi connectivity index (χ1n) is 1.72.